The monoisotopic (exact) mass is 240 g/mol. The summed E-state index contributed by atoms with van der Waals surface area (Å²) in [4.78, 5) is 4.31. The van der Waals surface area contributed by atoms with Gasteiger partial charge in [-0.05, 0) is 36.3 Å². The topological polar surface area (TPSA) is 24.9 Å². The SMILES string of the molecule is c1ccc2c(CNCCCC3CC3)cncc2c1. The highest BCUT2D eigenvalue weighted by molar-refractivity contribution is 5.84. The first-order chi connectivity index (χ1) is 8.93. The van der Waals surface area contributed by atoms with Crippen LogP contribution in [0.5, 0.6) is 0 Å². The summed E-state index contributed by atoms with van der Waals surface area (Å²) in [6.07, 6.45) is 9.56. The summed E-state index contributed by atoms with van der Waals surface area (Å²) in [5.41, 5.74) is 1.31. The number of nitrogens with one attached hydrogen (secondary N) is 1. The predicted molar refractivity (Wildman–Crippen MR) is 75.4 cm³/mol. The Morgan fingerprint density at radius 3 is 2.94 bits per heavy atom. The third kappa shape index (κ3) is 2.88. The smallest absolute Gasteiger partial charge is 0.0346 e. The molecule has 18 heavy (non-hydrogen) atoms. The fourth-order valence-electron chi connectivity index (χ4n) is 2.47. The number of fused-ring (bicyclic) bond motifs is 1. The zero-order valence-electron chi connectivity index (χ0n) is 10.7. The molecule has 0 radical (unpaired) electrons. The van der Waals surface area contributed by atoms with Gasteiger partial charge in [0, 0.05) is 24.3 Å². The molecule has 1 fully saturated rings. The zero-order chi connectivity index (χ0) is 12.2. The van der Waals surface area contributed by atoms with E-state index in [-0.39, 0.29) is 0 Å². The van der Waals surface area contributed by atoms with Gasteiger partial charge in [-0.15, -0.1) is 0 Å². The van der Waals surface area contributed by atoms with Gasteiger partial charge in [0.2, 0.25) is 0 Å². The van der Waals surface area contributed by atoms with E-state index >= 15 is 0 Å². The molecule has 1 N–H and O–H groups in total. The maximum absolute atomic E-state index is 4.31. The molecule has 2 heteroatoms. The summed E-state index contributed by atoms with van der Waals surface area (Å²) in [5.74, 6) is 1.05. The summed E-state index contributed by atoms with van der Waals surface area (Å²) in [5, 5.41) is 6.09. The maximum Gasteiger partial charge on any atom is 0.0346 e. The molecule has 2 nitrogen and oxygen atoms in total. The van der Waals surface area contributed by atoms with E-state index in [0.29, 0.717) is 0 Å². The Kier molecular flexibility index (Phi) is 3.56. The van der Waals surface area contributed by atoms with Crippen LogP contribution in [-0.2, 0) is 6.54 Å². The molecule has 0 spiro atoms. The van der Waals surface area contributed by atoms with Crippen molar-refractivity contribution < 1.29 is 0 Å². The Morgan fingerprint density at radius 2 is 2.06 bits per heavy atom. The van der Waals surface area contributed by atoms with Gasteiger partial charge in [-0.2, -0.15) is 0 Å². The predicted octanol–water partition coefficient (Wildman–Crippen LogP) is 3.51. The second-order valence-corrected chi connectivity index (χ2v) is 5.28. The molecule has 0 unspecified atom stereocenters. The lowest BCUT2D eigenvalue weighted by molar-refractivity contribution is 0.594. The van der Waals surface area contributed by atoms with Crippen LogP contribution in [0, 0.1) is 5.92 Å². The molecule has 3 rings (SSSR count). The van der Waals surface area contributed by atoms with E-state index in [0.717, 1.165) is 19.0 Å². The molecular formula is C16H20N2. The van der Waals surface area contributed by atoms with Crippen LogP contribution >= 0.6 is 0 Å². The third-order valence-electron chi connectivity index (χ3n) is 3.73. The van der Waals surface area contributed by atoms with Crippen LogP contribution in [0.1, 0.15) is 31.2 Å². The fraction of sp³-hybridized carbons (Fsp3) is 0.438. The minimum absolute atomic E-state index is 0.930. The number of rotatable bonds is 6. The summed E-state index contributed by atoms with van der Waals surface area (Å²) >= 11 is 0. The Morgan fingerprint density at radius 1 is 1.17 bits per heavy atom. The van der Waals surface area contributed by atoms with Crippen molar-refractivity contribution in [2.45, 2.75) is 32.2 Å². The van der Waals surface area contributed by atoms with Crippen molar-refractivity contribution in [3.05, 3.63) is 42.2 Å². The molecule has 2 aromatic rings. The third-order valence-corrected chi connectivity index (χ3v) is 3.73. The molecule has 1 heterocycles. The van der Waals surface area contributed by atoms with Crippen LogP contribution in [0.15, 0.2) is 36.7 Å². The number of benzene rings is 1. The van der Waals surface area contributed by atoms with E-state index in [1.165, 1.54) is 42.0 Å². The quantitative estimate of drug-likeness (QED) is 0.781. The Bertz CT molecular complexity index is 512. The van der Waals surface area contributed by atoms with Gasteiger partial charge in [-0.1, -0.05) is 37.1 Å². The van der Waals surface area contributed by atoms with E-state index in [9.17, 15) is 0 Å². The van der Waals surface area contributed by atoms with Crippen molar-refractivity contribution in [2.75, 3.05) is 6.54 Å². The average molecular weight is 240 g/mol. The van der Waals surface area contributed by atoms with Crippen LogP contribution in [0.4, 0.5) is 0 Å². The van der Waals surface area contributed by atoms with Gasteiger partial charge in [0.1, 0.15) is 0 Å². The normalized spacial score (nSPS) is 15.1. The lowest BCUT2D eigenvalue weighted by atomic mass is 10.1. The summed E-state index contributed by atoms with van der Waals surface area (Å²) < 4.78 is 0. The molecule has 0 saturated heterocycles. The zero-order valence-corrected chi connectivity index (χ0v) is 10.7. The van der Waals surface area contributed by atoms with Crippen LogP contribution in [0.2, 0.25) is 0 Å². The maximum atomic E-state index is 4.31. The van der Waals surface area contributed by atoms with E-state index in [1.807, 2.05) is 12.4 Å². The second-order valence-electron chi connectivity index (χ2n) is 5.28. The van der Waals surface area contributed by atoms with Crippen molar-refractivity contribution in [3.63, 3.8) is 0 Å². The summed E-state index contributed by atoms with van der Waals surface area (Å²) in [6, 6.07) is 8.47. The minimum Gasteiger partial charge on any atom is -0.313 e. The number of pyridine rings is 1. The minimum atomic E-state index is 0.930. The molecule has 0 bridgehead atoms. The highest BCUT2D eigenvalue weighted by atomic mass is 14.8. The second kappa shape index (κ2) is 5.49. The van der Waals surface area contributed by atoms with Crippen molar-refractivity contribution >= 4 is 10.8 Å². The fourth-order valence-corrected chi connectivity index (χ4v) is 2.47. The Labute approximate surface area is 108 Å². The van der Waals surface area contributed by atoms with Crippen LogP contribution in [0.3, 0.4) is 0 Å². The van der Waals surface area contributed by atoms with E-state index in [2.05, 4.69) is 34.6 Å². The lowest BCUT2D eigenvalue weighted by Crippen LogP contribution is -2.15. The Hall–Kier alpha value is -1.41. The number of nitrogens with zero attached hydrogens (tertiary/aromatic N) is 1. The van der Waals surface area contributed by atoms with Crippen molar-refractivity contribution in [3.8, 4) is 0 Å². The standard InChI is InChI=1S/C16H20N2/c1-2-6-16-14(5-1)10-18-12-15(16)11-17-9-3-4-13-7-8-13/h1-2,5-6,10,12-13,17H,3-4,7-9,11H2. The molecule has 1 saturated carbocycles. The van der Waals surface area contributed by atoms with Crippen LogP contribution in [-0.4, -0.2) is 11.5 Å². The van der Waals surface area contributed by atoms with E-state index in [4.69, 9.17) is 0 Å². The molecule has 0 amide bonds. The summed E-state index contributed by atoms with van der Waals surface area (Å²) in [6.45, 7) is 2.05. The first-order valence-corrected chi connectivity index (χ1v) is 6.96. The van der Waals surface area contributed by atoms with Crippen LogP contribution < -0.4 is 5.32 Å². The molecule has 1 aliphatic carbocycles. The van der Waals surface area contributed by atoms with Crippen molar-refractivity contribution in [1.82, 2.24) is 10.3 Å². The van der Waals surface area contributed by atoms with Crippen molar-refractivity contribution in [1.29, 1.82) is 0 Å². The van der Waals surface area contributed by atoms with Crippen LogP contribution in [0.25, 0.3) is 10.8 Å². The van der Waals surface area contributed by atoms with Gasteiger partial charge < -0.3 is 5.32 Å². The molecule has 1 aliphatic rings. The molecule has 94 valence electrons. The molecule has 1 aromatic heterocycles. The van der Waals surface area contributed by atoms with Gasteiger partial charge in [-0.25, -0.2) is 0 Å². The van der Waals surface area contributed by atoms with Gasteiger partial charge in [0.05, 0.1) is 0 Å². The van der Waals surface area contributed by atoms with Gasteiger partial charge in [0.25, 0.3) is 0 Å². The number of aromatic nitrogens is 1. The van der Waals surface area contributed by atoms with Crippen molar-refractivity contribution in [2.24, 2.45) is 5.92 Å². The average Bonchev–Trinajstić information content (AvgIpc) is 3.23. The van der Waals surface area contributed by atoms with Gasteiger partial charge in [-0.3, -0.25) is 4.98 Å². The highest BCUT2D eigenvalue weighted by Gasteiger charge is 2.19. The van der Waals surface area contributed by atoms with Gasteiger partial charge in [0.15, 0.2) is 0 Å². The molecule has 0 atom stereocenters. The number of hydrogen-bond donors (Lipinski definition) is 1. The first-order valence-electron chi connectivity index (χ1n) is 6.96. The first kappa shape index (κ1) is 11.7. The Balaban J connectivity index is 1.56. The highest BCUT2D eigenvalue weighted by Crippen LogP contribution is 2.33. The van der Waals surface area contributed by atoms with E-state index < -0.39 is 0 Å². The van der Waals surface area contributed by atoms with Gasteiger partial charge >= 0.3 is 0 Å². The summed E-state index contributed by atoms with van der Waals surface area (Å²) in [7, 11) is 0. The molecular weight excluding hydrogens is 220 g/mol. The molecule has 1 aromatic carbocycles. The van der Waals surface area contributed by atoms with E-state index in [1.54, 1.807) is 0 Å². The largest absolute Gasteiger partial charge is 0.313 e. The lowest BCUT2D eigenvalue weighted by Gasteiger charge is -2.07. The number of hydrogen-bond acceptors (Lipinski definition) is 2. The molecule has 0 aliphatic heterocycles.